The van der Waals surface area contributed by atoms with Crippen molar-refractivity contribution in [1.29, 1.82) is 0 Å². The van der Waals surface area contributed by atoms with Gasteiger partial charge in [0.25, 0.3) is 0 Å². The largest absolute Gasteiger partial charge is 0.463 e. The minimum Gasteiger partial charge on any atom is -0.463 e. The van der Waals surface area contributed by atoms with Crippen molar-refractivity contribution in [3.8, 4) is 0 Å². The third kappa shape index (κ3) is 9.89. The van der Waals surface area contributed by atoms with Crippen LogP contribution in [0.5, 0.6) is 0 Å². The van der Waals surface area contributed by atoms with Crippen LogP contribution in [0.15, 0.2) is 11.6 Å². The summed E-state index contributed by atoms with van der Waals surface area (Å²) < 4.78 is 68.8. The highest BCUT2D eigenvalue weighted by Gasteiger charge is 2.70. The van der Waals surface area contributed by atoms with Crippen molar-refractivity contribution < 1.29 is 113 Å². The van der Waals surface area contributed by atoms with Gasteiger partial charge in [-0.05, 0) is 80.5 Å². The lowest BCUT2D eigenvalue weighted by molar-refractivity contribution is -0.401. The molecule has 3 saturated carbocycles. The van der Waals surface area contributed by atoms with Crippen molar-refractivity contribution in [2.45, 2.75) is 234 Å². The molecule has 0 bridgehead atoms. The van der Waals surface area contributed by atoms with Crippen molar-refractivity contribution in [3.05, 3.63) is 11.6 Å². The third-order valence-electron chi connectivity index (χ3n) is 19.7. The zero-order chi connectivity index (χ0) is 53.8. The molecule has 428 valence electrons. The van der Waals surface area contributed by atoms with Gasteiger partial charge in [0.15, 0.2) is 30.9 Å². The Morgan fingerprint density at radius 3 is 2.09 bits per heavy atom. The van der Waals surface area contributed by atoms with Gasteiger partial charge in [-0.25, -0.2) is 0 Å². The van der Waals surface area contributed by atoms with Crippen LogP contribution < -0.4 is 0 Å². The number of esters is 1. The fourth-order valence-electron chi connectivity index (χ4n) is 15.5. The SMILES string of the molecule is CC(=O)OC[C@H]1O[C@@H](O[C@@H]2C[C@H](O)CC3=CC[C@H]4[C@@H]5C[C@@H]6O[C@]7(CC[C@H](C)CO7)[C@@H](C)[C@@H]6[C@@]5(C)CC[C@@H]4[C@]32C)[C@H](O[C@@H]2O[C@@H](C)[C@H](O)[C@@H](O[C@@H]3O[C@H](CO)[C@@H](O)[C@H](O)[C@H]3O)[C@H]2O)[C@@H](O[C@@H]2OC[C@@H](O)[C@H](O)[C@H]2O)[C@@H]1O. The number of carbonyl (C=O) groups is 1. The first-order chi connectivity index (χ1) is 35.5. The molecule has 6 aliphatic heterocycles. The zero-order valence-corrected chi connectivity index (χ0v) is 43.5. The van der Waals surface area contributed by atoms with E-state index in [1.54, 1.807) is 0 Å². The summed E-state index contributed by atoms with van der Waals surface area (Å²) in [5.41, 5.74) is 0.276. The van der Waals surface area contributed by atoms with Gasteiger partial charge in [-0.3, -0.25) is 4.79 Å². The summed E-state index contributed by atoms with van der Waals surface area (Å²) in [7, 11) is 0. The van der Waals surface area contributed by atoms with E-state index in [1.807, 2.05) is 0 Å². The number of fused-ring (bicyclic) bond motifs is 7. The normalized spacial score (nSPS) is 55.8. The number of hydrogen-bond acceptors (Lipinski definition) is 23. The summed E-state index contributed by atoms with van der Waals surface area (Å²) in [5, 5.41) is 121. The average molecular weight is 1080 g/mol. The first kappa shape index (κ1) is 56.6. The highest BCUT2D eigenvalue weighted by molar-refractivity contribution is 5.65. The van der Waals surface area contributed by atoms with Gasteiger partial charge in [-0.2, -0.15) is 0 Å². The van der Waals surface area contributed by atoms with Gasteiger partial charge in [-0.1, -0.05) is 39.3 Å². The van der Waals surface area contributed by atoms with Crippen LogP contribution in [0.25, 0.3) is 0 Å². The average Bonchev–Trinajstić information content (AvgIpc) is 3.89. The van der Waals surface area contributed by atoms with Gasteiger partial charge in [0.2, 0.25) is 0 Å². The standard InChI is InChI=1S/C52H82O23/c1-20-9-12-52(67-17-20)21(2)34-30(75-52)15-28-26-8-7-24-13-25(55)14-33(51(24,6)27(26)10-11-50(28,34)5)71-49-45(44(38(60)32(70-49)19-65-23(4)54)73-46-40(62)36(58)29(56)18-66-46)74-48-42(64)43(35(57)22(3)68-48)72-47-41(63)39(61)37(59)31(16-53)69-47/h7,20-22,25-49,53,55-64H,8-19H2,1-6H3/t20-,21-,22-,25+,26+,27-,28-,29+,30-,31+,32+,33+,34-,35-,36-,37+,38+,39-,40+,41+,42+,43+,44-,45+,46-,47-,48-,49-,50-,51-,52+/m0/s1. The van der Waals surface area contributed by atoms with Gasteiger partial charge >= 0.3 is 5.97 Å². The molecule has 1 spiro atoms. The minimum absolute atomic E-state index is 0.0330. The smallest absolute Gasteiger partial charge is 0.302 e. The number of ether oxygens (including phenoxy) is 11. The number of rotatable bonds is 11. The molecule has 10 aliphatic rings. The van der Waals surface area contributed by atoms with Crippen molar-refractivity contribution in [1.82, 2.24) is 0 Å². The van der Waals surface area contributed by atoms with E-state index < -0.39 is 166 Å². The van der Waals surface area contributed by atoms with Gasteiger partial charge in [0, 0.05) is 31.1 Å². The molecular weight excluding hydrogens is 993 g/mol. The molecule has 23 nitrogen and oxygen atoms in total. The summed E-state index contributed by atoms with van der Waals surface area (Å²) in [5.74, 6) is 0.287. The maximum atomic E-state index is 12.3. The van der Waals surface area contributed by atoms with Crippen molar-refractivity contribution in [3.63, 3.8) is 0 Å². The molecule has 6 saturated heterocycles. The number of hydrogen-bond donors (Lipinski definition) is 11. The summed E-state index contributed by atoms with van der Waals surface area (Å²) in [6.45, 7) is 10.6. The second-order valence-electron chi connectivity index (χ2n) is 24.1. The van der Waals surface area contributed by atoms with Crippen LogP contribution in [0, 0.1) is 46.3 Å². The molecule has 0 amide bonds. The van der Waals surface area contributed by atoms with Crippen LogP contribution in [0.1, 0.15) is 92.9 Å². The van der Waals surface area contributed by atoms with Crippen LogP contribution in [-0.4, -0.2) is 229 Å². The first-order valence-electron chi connectivity index (χ1n) is 27.3. The second kappa shape index (κ2) is 21.7. The van der Waals surface area contributed by atoms with Gasteiger partial charge < -0.3 is 108 Å². The predicted molar refractivity (Wildman–Crippen MR) is 252 cm³/mol. The highest BCUT2D eigenvalue weighted by atomic mass is 16.8. The number of allylic oxidation sites excluding steroid dienone is 1. The van der Waals surface area contributed by atoms with E-state index in [1.165, 1.54) is 13.8 Å². The molecule has 4 aliphatic carbocycles. The Kier molecular flexibility index (Phi) is 16.4. The Morgan fingerprint density at radius 2 is 1.39 bits per heavy atom. The quantitative estimate of drug-likeness (QED) is 0.0805. The molecule has 0 aromatic rings. The molecule has 9 fully saturated rings. The van der Waals surface area contributed by atoms with E-state index in [9.17, 15) is 61.0 Å². The number of carbonyl (C=O) groups excluding carboxylic acids is 1. The molecule has 23 heteroatoms. The van der Waals surface area contributed by atoms with Gasteiger partial charge in [0.1, 0.15) is 92.1 Å². The van der Waals surface area contributed by atoms with Crippen molar-refractivity contribution in [2.75, 3.05) is 26.4 Å². The van der Waals surface area contributed by atoms with Gasteiger partial charge in [0.05, 0.1) is 44.2 Å². The van der Waals surface area contributed by atoms with Crippen LogP contribution in [0.3, 0.4) is 0 Å². The highest BCUT2D eigenvalue weighted by Crippen LogP contribution is 2.71. The monoisotopic (exact) mass is 1070 g/mol. The Bertz CT molecular complexity index is 2020. The number of aliphatic hydroxyl groups is 11. The van der Waals surface area contributed by atoms with Gasteiger partial charge in [-0.15, -0.1) is 0 Å². The summed E-state index contributed by atoms with van der Waals surface area (Å²) in [6.07, 6.45) is -25.6. The summed E-state index contributed by atoms with van der Waals surface area (Å²) >= 11 is 0. The molecular formula is C52H82O23. The lowest BCUT2D eigenvalue weighted by Gasteiger charge is -2.61. The van der Waals surface area contributed by atoms with E-state index in [4.69, 9.17) is 52.1 Å². The van der Waals surface area contributed by atoms with Crippen LogP contribution in [0.4, 0.5) is 0 Å². The molecule has 0 aromatic carbocycles. The topological polar surface area (TPSA) is 341 Å². The fraction of sp³-hybridized carbons (Fsp3) is 0.942. The molecule has 0 radical (unpaired) electrons. The zero-order valence-electron chi connectivity index (χ0n) is 43.5. The third-order valence-corrected chi connectivity index (χ3v) is 19.7. The van der Waals surface area contributed by atoms with Crippen LogP contribution in [-0.2, 0) is 56.9 Å². The molecule has 0 aromatic heterocycles. The molecule has 0 unspecified atom stereocenters. The molecule has 31 atom stereocenters. The fourth-order valence-corrected chi connectivity index (χ4v) is 15.5. The van der Waals surface area contributed by atoms with Crippen molar-refractivity contribution in [2.24, 2.45) is 46.3 Å². The molecule has 75 heavy (non-hydrogen) atoms. The summed E-state index contributed by atoms with van der Waals surface area (Å²) in [4.78, 5) is 12.3. The van der Waals surface area contributed by atoms with E-state index in [0.717, 1.165) is 44.1 Å². The Morgan fingerprint density at radius 1 is 0.693 bits per heavy atom. The maximum absolute atomic E-state index is 12.3. The Labute approximate surface area is 436 Å². The first-order valence-corrected chi connectivity index (χ1v) is 27.3. The predicted octanol–water partition coefficient (Wildman–Crippen LogP) is -1.78. The lowest BCUT2D eigenvalue weighted by atomic mass is 9.46. The summed E-state index contributed by atoms with van der Waals surface area (Å²) in [6, 6.07) is 0. The molecule has 6 heterocycles. The lowest BCUT2D eigenvalue weighted by Crippen LogP contribution is -2.68. The van der Waals surface area contributed by atoms with E-state index in [0.29, 0.717) is 30.8 Å². The maximum Gasteiger partial charge on any atom is 0.302 e. The Balaban J connectivity index is 0.970. The van der Waals surface area contributed by atoms with Crippen LogP contribution >= 0.6 is 0 Å². The van der Waals surface area contributed by atoms with Crippen LogP contribution in [0.2, 0.25) is 0 Å². The molecule has 10 rings (SSSR count). The number of aliphatic hydroxyl groups excluding tert-OH is 11. The van der Waals surface area contributed by atoms with E-state index in [-0.39, 0.29) is 35.7 Å². The Hall–Kier alpha value is -1.63. The second-order valence-corrected chi connectivity index (χ2v) is 24.1. The van der Waals surface area contributed by atoms with Crippen molar-refractivity contribution >= 4 is 5.97 Å². The van der Waals surface area contributed by atoms with E-state index in [2.05, 4.69) is 33.8 Å². The van der Waals surface area contributed by atoms with E-state index >= 15 is 0 Å². The molecule has 11 N–H and O–H groups in total. The minimum atomic E-state index is -1.98.